The molecule has 0 saturated heterocycles. The quantitative estimate of drug-likeness (QED) is 0.639. The van der Waals surface area contributed by atoms with Crippen molar-refractivity contribution in [1.29, 1.82) is 0 Å². The minimum absolute atomic E-state index is 0.743. The van der Waals surface area contributed by atoms with E-state index < -0.39 is 5.97 Å². The fourth-order valence-corrected chi connectivity index (χ4v) is 2.22. The van der Waals surface area contributed by atoms with Gasteiger partial charge in [-0.1, -0.05) is 36.4 Å². The van der Waals surface area contributed by atoms with Crippen LogP contribution >= 0.6 is 0 Å². The average Bonchev–Trinajstić information content (AvgIpc) is 2.38. The van der Waals surface area contributed by atoms with Crippen LogP contribution in [0.4, 0.5) is 11.4 Å². The summed E-state index contributed by atoms with van der Waals surface area (Å²) in [7, 11) is 0. The SMILES string of the molecule is O=C(O)C=C1c2ccccc2Nc2ccccc21. The van der Waals surface area contributed by atoms with Gasteiger partial charge in [0, 0.05) is 34.2 Å². The first-order chi connectivity index (χ1) is 8.75. The third kappa shape index (κ3) is 1.66. The summed E-state index contributed by atoms with van der Waals surface area (Å²) in [4.78, 5) is 11.0. The summed E-state index contributed by atoms with van der Waals surface area (Å²) in [5, 5.41) is 12.3. The van der Waals surface area contributed by atoms with Crippen LogP contribution in [0, 0.1) is 0 Å². The lowest BCUT2D eigenvalue weighted by Crippen LogP contribution is -2.07. The Hall–Kier alpha value is -2.55. The molecule has 0 unspecified atom stereocenters. The number of rotatable bonds is 1. The molecule has 2 aromatic carbocycles. The van der Waals surface area contributed by atoms with Crippen molar-refractivity contribution in [3.05, 3.63) is 65.7 Å². The molecule has 0 bridgehead atoms. The van der Waals surface area contributed by atoms with Crippen molar-refractivity contribution < 1.29 is 9.90 Å². The Kier molecular flexibility index (Phi) is 2.38. The van der Waals surface area contributed by atoms with Gasteiger partial charge >= 0.3 is 5.97 Å². The molecule has 2 N–H and O–H groups in total. The highest BCUT2D eigenvalue weighted by Gasteiger charge is 2.19. The normalized spacial score (nSPS) is 12.1. The van der Waals surface area contributed by atoms with Crippen molar-refractivity contribution in [3.63, 3.8) is 0 Å². The maximum absolute atomic E-state index is 11.0. The molecule has 0 saturated carbocycles. The minimum atomic E-state index is -0.934. The maximum atomic E-state index is 11.0. The number of carboxylic acids is 1. The Labute approximate surface area is 104 Å². The fraction of sp³-hybridized carbons (Fsp3) is 0. The number of carboxylic acid groups (broad SMARTS) is 1. The molecular weight excluding hydrogens is 226 g/mol. The van der Waals surface area contributed by atoms with Crippen LogP contribution in [0.1, 0.15) is 11.1 Å². The first-order valence-electron chi connectivity index (χ1n) is 5.66. The third-order valence-corrected chi connectivity index (χ3v) is 2.97. The van der Waals surface area contributed by atoms with E-state index in [0.717, 1.165) is 28.1 Å². The van der Waals surface area contributed by atoms with E-state index in [4.69, 9.17) is 5.11 Å². The van der Waals surface area contributed by atoms with Crippen molar-refractivity contribution in [3.8, 4) is 0 Å². The zero-order chi connectivity index (χ0) is 12.5. The number of nitrogens with one attached hydrogen (secondary N) is 1. The van der Waals surface area contributed by atoms with E-state index in [9.17, 15) is 4.79 Å². The molecule has 0 fully saturated rings. The van der Waals surface area contributed by atoms with Gasteiger partial charge in [0.25, 0.3) is 0 Å². The van der Waals surface area contributed by atoms with E-state index in [1.807, 2.05) is 48.5 Å². The average molecular weight is 237 g/mol. The molecule has 18 heavy (non-hydrogen) atoms. The largest absolute Gasteiger partial charge is 0.478 e. The van der Waals surface area contributed by atoms with Crippen molar-refractivity contribution in [1.82, 2.24) is 0 Å². The molecule has 1 aliphatic heterocycles. The number of fused-ring (bicyclic) bond motifs is 2. The highest BCUT2D eigenvalue weighted by atomic mass is 16.4. The van der Waals surface area contributed by atoms with Crippen LogP contribution in [0.2, 0.25) is 0 Å². The number of carbonyl (C=O) groups is 1. The topological polar surface area (TPSA) is 49.3 Å². The lowest BCUT2D eigenvalue weighted by molar-refractivity contribution is -0.131. The Morgan fingerprint density at radius 1 is 0.944 bits per heavy atom. The summed E-state index contributed by atoms with van der Waals surface area (Å²) in [6.45, 7) is 0. The number of anilines is 2. The van der Waals surface area contributed by atoms with E-state index in [1.54, 1.807) is 0 Å². The Morgan fingerprint density at radius 2 is 1.44 bits per heavy atom. The van der Waals surface area contributed by atoms with Crippen molar-refractivity contribution in [2.24, 2.45) is 0 Å². The maximum Gasteiger partial charge on any atom is 0.328 e. The molecule has 3 nitrogen and oxygen atoms in total. The molecule has 3 heteroatoms. The monoisotopic (exact) mass is 237 g/mol. The van der Waals surface area contributed by atoms with Crippen LogP contribution in [0.15, 0.2) is 54.6 Å². The standard InChI is InChI=1S/C15H11NO2/c17-15(18)9-12-10-5-1-3-7-13(10)16-14-8-4-2-6-11(12)14/h1-9,16H,(H,17,18). The van der Waals surface area contributed by atoms with Gasteiger partial charge < -0.3 is 10.4 Å². The fourth-order valence-electron chi connectivity index (χ4n) is 2.22. The summed E-state index contributed by atoms with van der Waals surface area (Å²) in [5.41, 5.74) is 4.44. The second-order valence-corrected chi connectivity index (χ2v) is 4.11. The van der Waals surface area contributed by atoms with Gasteiger partial charge in [-0.15, -0.1) is 0 Å². The molecule has 0 aliphatic carbocycles. The molecule has 88 valence electrons. The third-order valence-electron chi connectivity index (χ3n) is 2.97. The zero-order valence-corrected chi connectivity index (χ0v) is 9.55. The van der Waals surface area contributed by atoms with Crippen LogP contribution in [-0.4, -0.2) is 11.1 Å². The number of para-hydroxylation sites is 2. The molecule has 0 spiro atoms. The van der Waals surface area contributed by atoms with Gasteiger partial charge in [0.15, 0.2) is 0 Å². The molecule has 2 aromatic rings. The molecule has 1 aliphatic rings. The van der Waals surface area contributed by atoms with E-state index >= 15 is 0 Å². The summed E-state index contributed by atoms with van der Waals surface area (Å²) >= 11 is 0. The van der Waals surface area contributed by atoms with Gasteiger partial charge in [0.2, 0.25) is 0 Å². The lowest BCUT2D eigenvalue weighted by atomic mass is 9.91. The van der Waals surface area contributed by atoms with Gasteiger partial charge in [-0.2, -0.15) is 0 Å². The Bertz CT molecular complexity index is 612. The second-order valence-electron chi connectivity index (χ2n) is 4.11. The Morgan fingerprint density at radius 3 is 1.94 bits per heavy atom. The van der Waals surface area contributed by atoms with Crippen molar-refractivity contribution >= 4 is 22.9 Å². The summed E-state index contributed by atoms with van der Waals surface area (Å²) in [5.74, 6) is -0.934. The number of hydrogen-bond donors (Lipinski definition) is 2. The number of hydrogen-bond acceptors (Lipinski definition) is 2. The predicted octanol–water partition coefficient (Wildman–Crippen LogP) is 3.26. The molecule has 0 atom stereocenters. The Balaban J connectivity index is 2.27. The van der Waals surface area contributed by atoms with E-state index in [0.29, 0.717) is 0 Å². The number of aliphatic carboxylic acids is 1. The van der Waals surface area contributed by atoms with Crippen LogP contribution in [0.25, 0.3) is 5.57 Å². The van der Waals surface area contributed by atoms with Crippen LogP contribution in [0.3, 0.4) is 0 Å². The minimum Gasteiger partial charge on any atom is -0.478 e. The van der Waals surface area contributed by atoms with Gasteiger partial charge in [-0.05, 0) is 12.1 Å². The lowest BCUT2D eigenvalue weighted by Gasteiger charge is -2.23. The van der Waals surface area contributed by atoms with E-state index in [-0.39, 0.29) is 0 Å². The molecule has 1 heterocycles. The van der Waals surface area contributed by atoms with Crippen LogP contribution in [0.5, 0.6) is 0 Å². The molecule has 0 amide bonds. The first kappa shape index (κ1) is 10.6. The number of benzene rings is 2. The van der Waals surface area contributed by atoms with E-state index in [1.165, 1.54) is 6.08 Å². The van der Waals surface area contributed by atoms with Crippen molar-refractivity contribution in [2.75, 3.05) is 5.32 Å². The van der Waals surface area contributed by atoms with Crippen molar-refractivity contribution in [2.45, 2.75) is 0 Å². The molecule has 0 radical (unpaired) electrons. The summed E-state index contributed by atoms with van der Waals surface area (Å²) < 4.78 is 0. The summed E-state index contributed by atoms with van der Waals surface area (Å²) in [6, 6.07) is 15.4. The molecule has 0 aromatic heterocycles. The highest BCUT2D eigenvalue weighted by molar-refractivity contribution is 6.03. The van der Waals surface area contributed by atoms with Crippen LogP contribution < -0.4 is 5.32 Å². The smallest absolute Gasteiger partial charge is 0.328 e. The highest BCUT2D eigenvalue weighted by Crippen LogP contribution is 2.39. The van der Waals surface area contributed by atoms with Gasteiger partial charge in [0.05, 0.1) is 0 Å². The van der Waals surface area contributed by atoms with Gasteiger partial charge in [-0.3, -0.25) is 0 Å². The van der Waals surface area contributed by atoms with Gasteiger partial charge in [0.1, 0.15) is 0 Å². The molecular formula is C15H11NO2. The first-order valence-corrected chi connectivity index (χ1v) is 5.66. The predicted molar refractivity (Wildman–Crippen MR) is 70.9 cm³/mol. The summed E-state index contributed by atoms with van der Waals surface area (Å²) in [6.07, 6.45) is 1.26. The second kappa shape index (κ2) is 4.04. The van der Waals surface area contributed by atoms with E-state index in [2.05, 4.69) is 5.32 Å². The van der Waals surface area contributed by atoms with Gasteiger partial charge in [-0.25, -0.2) is 4.79 Å². The molecule has 3 rings (SSSR count). The van der Waals surface area contributed by atoms with Crippen LogP contribution in [-0.2, 0) is 4.79 Å². The zero-order valence-electron chi connectivity index (χ0n) is 9.55.